The Kier molecular flexibility index (Phi) is 5.96. The molecule has 2 atom stereocenters. The van der Waals surface area contributed by atoms with E-state index in [1.54, 1.807) is 36.4 Å². The van der Waals surface area contributed by atoms with Crippen LogP contribution in [0.15, 0.2) is 83.5 Å². The summed E-state index contributed by atoms with van der Waals surface area (Å²) in [5.74, 6) is 0.679. The Morgan fingerprint density at radius 3 is 2.36 bits per heavy atom. The molecule has 0 saturated carbocycles. The minimum atomic E-state index is -1.97. The van der Waals surface area contributed by atoms with Crippen LogP contribution < -0.4 is 4.74 Å². The van der Waals surface area contributed by atoms with Crippen molar-refractivity contribution in [2.75, 3.05) is 32.8 Å². The number of piperidine rings is 3. The molecule has 4 heterocycles. The van der Waals surface area contributed by atoms with Gasteiger partial charge in [-0.1, -0.05) is 48.5 Å². The number of carbonyl (C=O) groups excluding carboxylic acids is 1. The van der Waals surface area contributed by atoms with Crippen molar-refractivity contribution in [2.45, 2.75) is 24.5 Å². The molecular weight excluding hydrogens is 418 g/mol. The minimum Gasteiger partial charge on any atom is -0.488 e. The summed E-state index contributed by atoms with van der Waals surface area (Å²) >= 11 is 0. The van der Waals surface area contributed by atoms with E-state index in [1.165, 1.54) is 6.26 Å². The average molecular weight is 449 g/mol. The fourth-order valence-corrected chi connectivity index (χ4v) is 5.29. The van der Waals surface area contributed by atoms with Gasteiger partial charge in [0.15, 0.2) is 11.9 Å². The smallest absolute Gasteiger partial charge is 0.351 e. The zero-order valence-corrected chi connectivity index (χ0v) is 18.6. The number of nitrogens with zero attached hydrogens (tertiary/aromatic N) is 1. The molecule has 3 aromatic rings. The normalized spacial score (nSPS) is 25.8. The number of benzene rings is 2. The van der Waals surface area contributed by atoms with E-state index < -0.39 is 11.6 Å². The van der Waals surface area contributed by atoms with Crippen molar-refractivity contribution in [1.29, 1.82) is 0 Å². The van der Waals surface area contributed by atoms with Crippen molar-refractivity contribution in [1.82, 2.24) is 0 Å². The average Bonchev–Trinajstić information content (AvgIpc) is 3.41. The first-order valence-electron chi connectivity index (χ1n) is 11.6. The van der Waals surface area contributed by atoms with Crippen molar-refractivity contribution in [3.63, 3.8) is 0 Å². The summed E-state index contributed by atoms with van der Waals surface area (Å²) in [6, 6.07) is 22.0. The molecule has 0 amide bonds. The maximum atomic E-state index is 13.4. The molecule has 1 unspecified atom stereocenters. The fraction of sp³-hybridized carbons (Fsp3) is 0.370. The van der Waals surface area contributed by atoms with Gasteiger partial charge in [0.1, 0.15) is 25.4 Å². The van der Waals surface area contributed by atoms with E-state index in [4.69, 9.17) is 13.9 Å². The summed E-state index contributed by atoms with van der Waals surface area (Å²) in [6.07, 6.45) is 3.24. The van der Waals surface area contributed by atoms with E-state index in [1.807, 2.05) is 36.4 Å². The lowest BCUT2D eigenvalue weighted by molar-refractivity contribution is -0.946. The second-order valence-electron chi connectivity index (χ2n) is 9.19. The van der Waals surface area contributed by atoms with Crippen LogP contribution >= 0.6 is 0 Å². The van der Waals surface area contributed by atoms with Crippen molar-refractivity contribution in [2.24, 2.45) is 5.92 Å². The summed E-state index contributed by atoms with van der Waals surface area (Å²) in [5.41, 5.74) is -1.54. The quantitative estimate of drug-likeness (QED) is 0.420. The van der Waals surface area contributed by atoms with E-state index in [0.29, 0.717) is 18.1 Å². The molecule has 3 saturated heterocycles. The highest BCUT2D eigenvalue weighted by molar-refractivity contribution is 5.84. The highest BCUT2D eigenvalue weighted by Gasteiger charge is 2.51. The van der Waals surface area contributed by atoms with E-state index in [2.05, 4.69) is 0 Å². The number of para-hydroxylation sites is 1. The predicted octanol–water partition coefficient (Wildman–Crippen LogP) is 3.75. The first-order chi connectivity index (χ1) is 16.1. The third kappa shape index (κ3) is 4.28. The Hall–Kier alpha value is -3.09. The topological polar surface area (TPSA) is 68.9 Å². The number of hydrogen-bond donors (Lipinski definition) is 1. The number of rotatable bonds is 8. The van der Waals surface area contributed by atoms with E-state index in [0.717, 1.165) is 49.3 Å². The van der Waals surface area contributed by atoms with E-state index in [9.17, 15) is 9.90 Å². The van der Waals surface area contributed by atoms with Crippen LogP contribution in [0.1, 0.15) is 24.2 Å². The van der Waals surface area contributed by atoms with Gasteiger partial charge in [0.2, 0.25) is 5.60 Å². The summed E-state index contributed by atoms with van der Waals surface area (Å²) in [6.45, 7) is 4.38. The maximum absolute atomic E-state index is 13.4. The molecule has 3 aliphatic heterocycles. The van der Waals surface area contributed by atoms with Gasteiger partial charge in [-0.3, -0.25) is 0 Å². The molecule has 0 radical (unpaired) electrons. The van der Waals surface area contributed by atoms with E-state index >= 15 is 0 Å². The van der Waals surface area contributed by atoms with E-state index in [-0.39, 0.29) is 11.9 Å². The number of fused-ring (bicyclic) bond motifs is 3. The van der Waals surface area contributed by atoms with Gasteiger partial charge in [-0.25, -0.2) is 4.79 Å². The summed E-state index contributed by atoms with van der Waals surface area (Å²) in [7, 11) is 0. The van der Waals surface area contributed by atoms with Crippen LogP contribution in [0.5, 0.6) is 5.75 Å². The molecule has 33 heavy (non-hydrogen) atoms. The van der Waals surface area contributed by atoms with Crippen LogP contribution in [0.4, 0.5) is 0 Å². The highest BCUT2D eigenvalue weighted by Crippen LogP contribution is 2.38. The zero-order valence-electron chi connectivity index (χ0n) is 18.6. The van der Waals surface area contributed by atoms with Gasteiger partial charge < -0.3 is 23.5 Å². The van der Waals surface area contributed by atoms with Crippen LogP contribution in [0, 0.1) is 5.92 Å². The molecule has 0 spiro atoms. The van der Waals surface area contributed by atoms with Crippen LogP contribution in [0.25, 0.3) is 0 Å². The molecule has 1 N–H and O–H groups in total. The highest BCUT2D eigenvalue weighted by atomic mass is 16.6. The Bertz CT molecular complexity index is 1040. The zero-order chi connectivity index (χ0) is 22.7. The Balaban J connectivity index is 1.29. The van der Waals surface area contributed by atoms with Gasteiger partial charge in [-0.2, -0.15) is 0 Å². The summed E-state index contributed by atoms with van der Waals surface area (Å²) in [5, 5.41) is 11.6. The lowest BCUT2D eigenvalue weighted by Crippen LogP contribution is -2.65. The third-order valence-corrected chi connectivity index (χ3v) is 7.24. The largest absolute Gasteiger partial charge is 0.488 e. The second kappa shape index (κ2) is 9.04. The van der Waals surface area contributed by atoms with Crippen LogP contribution in [0.3, 0.4) is 0 Å². The molecule has 0 aliphatic carbocycles. The monoisotopic (exact) mass is 448 g/mol. The molecule has 3 aliphatic rings. The number of quaternary nitrogens is 1. The fourth-order valence-electron chi connectivity index (χ4n) is 5.29. The summed E-state index contributed by atoms with van der Waals surface area (Å²) < 4.78 is 18.4. The van der Waals surface area contributed by atoms with Crippen molar-refractivity contribution >= 4 is 5.97 Å². The Labute approximate surface area is 193 Å². The summed E-state index contributed by atoms with van der Waals surface area (Å²) in [4.78, 5) is 13.4. The molecule has 1 aromatic heterocycles. The standard InChI is InChI=1S/C27H30NO5/c29-26(27(30,25-12-7-18-32-25)22-8-3-1-4-9-22)33-24-20-28(15-13-21(24)14-16-28)17-19-31-23-10-5-2-6-11-23/h1-12,18,21,24,30H,13-17,19-20H2/q+1/t21?,24?,27-,28?/m1/s1. The molecule has 2 bridgehead atoms. The Morgan fingerprint density at radius 2 is 1.70 bits per heavy atom. The maximum Gasteiger partial charge on any atom is 0.351 e. The Morgan fingerprint density at radius 1 is 1.00 bits per heavy atom. The third-order valence-electron chi connectivity index (χ3n) is 7.24. The van der Waals surface area contributed by atoms with Gasteiger partial charge in [-0.15, -0.1) is 0 Å². The van der Waals surface area contributed by atoms with Gasteiger partial charge >= 0.3 is 5.97 Å². The van der Waals surface area contributed by atoms with Gasteiger partial charge in [0, 0.05) is 24.3 Å². The van der Waals surface area contributed by atoms with Gasteiger partial charge in [0.05, 0.1) is 19.4 Å². The van der Waals surface area contributed by atoms with Crippen LogP contribution in [-0.2, 0) is 15.1 Å². The SMILES string of the molecule is O=C(OC1C[N+]2(CCOc3ccccc3)CCC1CC2)[C@@](O)(c1ccccc1)c1ccco1. The lowest BCUT2D eigenvalue weighted by Gasteiger charge is -2.52. The number of carbonyl (C=O) groups is 1. The first kappa shape index (κ1) is 21.7. The molecule has 6 nitrogen and oxygen atoms in total. The van der Waals surface area contributed by atoms with Crippen molar-refractivity contribution in [3.05, 3.63) is 90.4 Å². The first-order valence-corrected chi connectivity index (χ1v) is 11.6. The van der Waals surface area contributed by atoms with Crippen molar-refractivity contribution < 1.29 is 28.3 Å². The van der Waals surface area contributed by atoms with Crippen molar-refractivity contribution in [3.8, 4) is 5.75 Å². The number of ether oxygens (including phenoxy) is 2. The van der Waals surface area contributed by atoms with Crippen LogP contribution in [-0.4, -0.2) is 54.4 Å². The molecule has 6 rings (SSSR count). The van der Waals surface area contributed by atoms with Crippen LogP contribution in [0.2, 0.25) is 0 Å². The minimum absolute atomic E-state index is 0.167. The van der Waals surface area contributed by atoms with Gasteiger partial charge in [-0.05, 0) is 24.3 Å². The number of furan rings is 1. The molecule has 3 fully saturated rings. The number of hydrogen-bond acceptors (Lipinski definition) is 5. The molecule has 2 aromatic carbocycles. The number of aliphatic hydroxyl groups is 1. The lowest BCUT2D eigenvalue weighted by atomic mass is 9.83. The molecule has 6 heteroatoms. The molecular formula is C27H30NO5+. The second-order valence-corrected chi connectivity index (χ2v) is 9.19. The predicted molar refractivity (Wildman–Crippen MR) is 122 cm³/mol. The molecule has 172 valence electrons. The van der Waals surface area contributed by atoms with Gasteiger partial charge in [0.25, 0.3) is 0 Å². The number of esters is 1.